The minimum atomic E-state index is -1.76. The maximum atomic E-state index is 13.3. The molecule has 1 aromatic carbocycles. The second kappa shape index (κ2) is 8.00. The van der Waals surface area contributed by atoms with Crippen LogP contribution in [0.4, 0.5) is 10.7 Å². The molecule has 2 heterocycles. The zero-order valence-corrected chi connectivity index (χ0v) is 19.0. The first-order valence-electron chi connectivity index (χ1n) is 10.5. The molecule has 0 fully saturated rings. The van der Waals surface area contributed by atoms with Crippen LogP contribution in [-0.2, 0) is 27.2 Å². The monoisotopic (exact) mass is 442 g/mol. The highest BCUT2D eigenvalue weighted by atomic mass is 32.1. The summed E-state index contributed by atoms with van der Waals surface area (Å²) < 4.78 is 11.2. The molecule has 1 N–H and O–H groups in total. The summed E-state index contributed by atoms with van der Waals surface area (Å²) in [6, 6.07) is 5.47. The Morgan fingerprint density at radius 2 is 2.03 bits per heavy atom. The molecule has 0 spiro atoms. The van der Waals surface area contributed by atoms with E-state index in [1.807, 2.05) is 19.1 Å². The van der Waals surface area contributed by atoms with Gasteiger partial charge in [0.1, 0.15) is 10.8 Å². The SMILES string of the molecule is CCOC(=O)c1c(NC(=O)C2(C)Oc3ccc(C)cc3N(C)C2=O)sc2c1CCCC2. The molecule has 2 amide bonds. The fourth-order valence-corrected chi connectivity index (χ4v) is 5.38. The fraction of sp³-hybridized carbons (Fsp3) is 0.435. The van der Waals surface area contributed by atoms with Gasteiger partial charge < -0.3 is 19.7 Å². The quantitative estimate of drug-likeness (QED) is 0.574. The van der Waals surface area contributed by atoms with Gasteiger partial charge in [0.2, 0.25) is 0 Å². The van der Waals surface area contributed by atoms with Gasteiger partial charge in [-0.3, -0.25) is 9.59 Å². The molecule has 2 aromatic rings. The molecule has 0 saturated heterocycles. The van der Waals surface area contributed by atoms with E-state index in [1.165, 1.54) is 23.2 Å². The molecule has 1 aliphatic heterocycles. The summed E-state index contributed by atoms with van der Waals surface area (Å²) in [7, 11) is 1.63. The summed E-state index contributed by atoms with van der Waals surface area (Å²) in [5.41, 5.74) is 1.20. The Morgan fingerprint density at radius 1 is 1.29 bits per heavy atom. The van der Waals surface area contributed by atoms with Crippen molar-refractivity contribution in [1.29, 1.82) is 0 Å². The molecule has 31 heavy (non-hydrogen) atoms. The first-order chi connectivity index (χ1) is 14.8. The van der Waals surface area contributed by atoms with E-state index in [0.717, 1.165) is 41.7 Å². The molecule has 1 unspecified atom stereocenters. The molecule has 164 valence electrons. The van der Waals surface area contributed by atoms with Crippen LogP contribution in [-0.4, -0.2) is 37.0 Å². The highest BCUT2D eigenvalue weighted by Gasteiger charge is 2.50. The molecule has 0 radical (unpaired) electrons. The van der Waals surface area contributed by atoms with Crippen LogP contribution in [0.2, 0.25) is 0 Å². The largest absolute Gasteiger partial charge is 0.465 e. The molecule has 1 aromatic heterocycles. The lowest BCUT2D eigenvalue weighted by atomic mass is 9.95. The van der Waals surface area contributed by atoms with Crippen molar-refractivity contribution < 1.29 is 23.9 Å². The smallest absolute Gasteiger partial charge is 0.341 e. The van der Waals surface area contributed by atoms with Crippen LogP contribution in [0.5, 0.6) is 5.75 Å². The van der Waals surface area contributed by atoms with Gasteiger partial charge in [0, 0.05) is 11.9 Å². The Morgan fingerprint density at radius 3 is 2.77 bits per heavy atom. The average molecular weight is 443 g/mol. The molecule has 4 rings (SSSR count). The van der Waals surface area contributed by atoms with Gasteiger partial charge in [-0.15, -0.1) is 11.3 Å². The maximum absolute atomic E-state index is 13.3. The molecule has 0 bridgehead atoms. The fourth-order valence-electron chi connectivity index (χ4n) is 4.11. The molecule has 1 aliphatic carbocycles. The molecule has 0 saturated carbocycles. The van der Waals surface area contributed by atoms with Crippen molar-refractivity contribution in [1.82, 2.24) is 0 Å². The van der Waals surface area contributed by atoms with Crippen molar-refractivity contribution in [3.8, 4) is 5.75 Å². The van der Waals surface area contributed by atoms with E-state index in [2.05, 4.69) is 5.32 Å². The average Bonchev–Trinajstić information content (AvgIpc) is 3.11. The third-order valence-corrected chi connectivity index (χ3v) is 7.02. The van der Waals surface area contributed by atoms with Crippen LogP contribution in [0.3, 0.4) is 0 Å². The number of nitrogens with one attached hydrogen (secondary N) is 1. The molecular weight excluding hydrogens is 416 g/mol. The number of hydrogen-bond acceptors (Lipinski definition) is 6. The number of aryl methyl sites for hydroxylation is 2. The van der Waals surface area contributed by atoms with Gasteiger partial charge in [-0.2, -0.15) is 0 Å². The standard InChI is InChI=1S/C23H26N2O5S/c1-5-29-20(26)18-14-8-6-7-9-17(14)31-19(18)24-21(27)23(3)22(28)25(4)15-12-13(2)10-11-16(15)30-23/h10-12H,5-9H2,1-4H3,(H,24,27). The normalized spacial score (nSPS) is 19.9. The molecular formula is C23H26N2O5S. The number of amides is 2. The summed E-state index contributed by atoms with van der Waals surface area (Å²) in [4.78, 5) is 41.7. The molecule has 7 nitrogen and oxygen atoms in total. The van der Waals surface area contributed by atoms with Gasteiger partial charge in [0.15, 0.2) is 0 Å². The number of esters is 1. The van der Waals surface area contributed by atoms with Crippen LogP contribution in [0.25, 0.3) is 0 Å². The second-order valence-corrected chi connectivity index (χ2v) is 9.17. The summed E-state index contributed by atoms with van der Waals surface area (Å²) in [6.07, 6.45) is 3.68. The third kappa shape index (κ3) is 3.59. The number of fused-ring (bicyclic) bond motifs is 2. The van der Waals surface area contributed by atoms with E-state index in [4.69, 9.17) is 9.47 Å². The number of nitrogens with zero attached hydrogens (tertiary/aromatic N) is 1. The van der Waals surface area contributed by atoms with Crippen molar-refractivity contribution in [2.45, 2.75) is 52.1 Å². The topological polar surface area (TPSA) is 84.9 Å². The number of rotatable bonds is 4. The third-order valence-electron chi connectivity index (χ3n) is 5.81. The Balaban J connectivity index is 1.68. The van der Waals surface area contributed by atoms with E-state index in [0.29, 0.717) is 22.0 Å². The lowest BCUT2D eigenvalue weighted by molar-refractivity contribution is -0.144. The molecule has 2 aliphatic rings. The zero-order chi connectivity index (χ0) is 22.3. The molecule has 1 atom stereocenters. The van der Waals surface area contributed by atoms with Crippen LogP contribution < -0.4 is 15.0 Å². The van der Waals surface area contributed by atoms with Crippen LogP contribution >= 0.6 is 11.3 Å². The minimum absolute atomic E-state index is 0.247. The van der Waals surface area contributed by atoms with Crippen LogP contribution in [0.1, 0.15) is 53.1 Å². The first-order valence-corrected chi connectivity index (χ1v) is 11.3. The number of benzene rings is 1. The van der Waals surface area contributed by atoms with Gasteiger partial charge in [-0.25, -0.2) is 4.79 Å². The van der Waals surface area contributed by atoms with Crippen molar-refractivity contribution in [2.24, 2.45) is 0 Å². The number of anilines is 2. The Bertz CT molecular complexity index is 1080. The van der Waals surface area contributed by atoms with Crippen molar-refractivity contribution in [3.63, 3.8) is 0 Å². The maximum Gasteiger partial charge on any atom is 0.341 e. The first kappa shape index (κ1) is 21.4. The van der Waals surface area contributed by atoms with E-state index >= 15 is 0 Å². The van der Waals surface area contributed by atoms with Crippen LogP contribution in [0.15, 0.2) is 18.2 Å². The van der Waals surface area contributed by atoms with Gasteiger partial charge in [0.25, 0.3) is 17.4 Å². The highest BCUT2D eigenvalue weighted by molar-refractivity contribution is 7.17. The van der Waals surface area contributed by atoms with E-state index < -0.39 is 23.4 Å². The summed E-state index contributed by atoms with van der Waals surface area (Å²) in [5.74, 6) is -1.07. The predicted molar refractivity (Wildman–Crippen MR) is 119 cm³/mol. The van der Waals surface area contributed by atoms with Crippen molar-refractivity contribution in [2.75, 3.05) is 23.9 Å². The minimum Gasteiger partial charge on any atom is -0.465 e. The van der Waals surface area contributed by atoms with Gasteiger partial charge in [-0.05, 0) is 69.7 Å². The van der Waals surface area contributed by atoms with Gasteiger partial charge in [-0.1, -0.05) is 6.07 Å². The Labute approximate surface area is 185 Å². The highest BCUT2D eigenvalue weighted by Crippen LogP contribution is 2.41. The Hall–Kier alpha value is -2.87. The lowest BCUT2D eigenvalue weighted by Gasteiger charge is -2.38. The van der Waals surface area contributed by atoms with Gasteiger partial charge >= 0.3 is 5.97 Å². The lowest BCUT2D eigenvalue weighted by Crippen LogP contribution is -2.59. The number of carbonyl (C=O) groups excluding carboxylic acids is 3. The van der Waals surface area contributed by atoms with E-state index in [-0.39, 0.29) is 6.61 Å². The van der Waals surface area contributed by atoms with Crippen molar-refractivity contribution in [3.05, 3.63) is 39.8 Å². The summed E-state index contributed by atoms with van der Waals surface area (Å²) in [6.45, 7) is 5.38. The van der Waals surface area contributed by atoms with E-state index in [1.54, 1.807) is 20.0 Å². The summed E-state index contributed by atoms with van der Waals surface area (Å²) in [5, 5.41) is 3.24. The number of ether oxygens (including phenoxy) is 2. The predicted octanol–water partition coefficient (Wildman–Crippen LogP) is 3.86. The number of thiophene rings is 1. The van der Waals surface area contributed by atoms with E-state index in [9.17, 15) is 14.4 Å². The van der Waals surface area contributed by atoms with Crippen LogP contribution in [0, 0.1) is 6.92 Å². The zero-order valence-electron chi connectivity index (χ0n) is 18.2. The number of carbonyl (C=O) groups is 3. The summed E-state index contributed by atoms with van der Waals surface area (Å²) >= 11 is 1.38. The molecule has 8 heteroatoms. The number of likely N-dealkylation sites (N-methyl/N-ethyl adjacent to an activating group) is 1. The number of hydrogen-bond donors (Lipinski definition) is 1. The van der Waals surface area contributed by atoms with Crippen molar-refractivity contribution >= 4 is 39.8 Å². The second-order valence-electron chi connectivity index (χ2n) is 8.06. The Kier molecular flexibility index (Phi) is 5.51. The van der Waals surface area contributed by atoms with Gasteiger partial charge in [0.05, 0.1) is 17.9 Å².